The molecule has 0 aliphatic rings. The Balaban J connectivity index is 1.07. The summed E-state index contributed by atoms with van der Waals surface area (Å²) in [6.07, 6.45) is 0. The van der Waals surface area contributed by atoms with Crippen LogP contribution in [0.2, 0.25) is 0 Å². The summed E-state index contributed by atoms with van der Waals surface area (Å²) in [6.45, 7) is 0. The molecule has 0 saturated carbocycles. The second kappa shape index (κ2) is 13.6. The highest BCUT2D eigenvalue weighted by Crippen LogP contribution is 2.41. The molecule has 57 heavy (non-hydrogen) atoms. The van der Waals surface area contributed by atoms with Crippen molar-refractivity contribution in [3.05, 3.63) is 212 Å². The molecule has 3 nitrogen and oxygen atoms in total. The monoisotopic (exact) mass is 725 g/mol. The molecule has 0 aliphatic carbocycles. The fourth-order valence-electron chi connectivity index (χ4n) is 8.61. The van der Waals surface area contributed by atoms with Gasteiger partial charge in [0.05, 0.1) is 22.4 Å². The van der Waals surface area contributed by atoms with Gasteiger partial charge in [-0.2, -0.15) is 0 Å². The Morgan fingerprint density at radius 3 is 1.47 bits per heavy atom. The van der Waals surface area contributed by atoms with Crippen molar-refractivity contribution in [2.24, 2.45) is 0 Å². The van der Waals surface area contributed by atoms with E-state index in [9.17, 15) is 0 Å². The third kappa shape index (κ3) is 5.60. The maximum atomic E-state index is 5.29. The Bertz CT molecular complexity index is 3220. The number of benzene rings is 9. The van der Waals surface area contributed by atoms with Crippen LogP contribution in [0.15, 0.2) is 212 Å². The SMILES string of the molecule is c1ccc(-c2nc(-c3ccc4ccccc4c3-c3ccccc3)cc(-c3ccc(-c4ccc(-n5c6ccccc6c6ccccc65)cc4)c4ccccc34)n2)cc1. The van der Waals surface area contributed by atoms with Gasteiger partial charge < -0.3 is 4.57 Å². The van der Waals surface area contributed by atoms with Crippen LogP contribution in [0.4, 0.5) is 0 Å². The maximum absolute atomic E-state index is 5.29. The van der Waals surface area contributed by atoms with Crippen LogP contribution in [0.25, 0.3) is 105 Å². The zero-order chi connectivity index (χ0) is 37.7. The van der Waals surface area contributed by atoms with E-state index in [2.05, 4.69) is 199 Å². The summed E-state index contributed by atoms with van der Waals surface area (Å²) in [4.78, 5) is 10.6. The normalized spacial score (nSPS) is 11.5. The minimum Gasteiger partial charge on any atom is -0.309 e. The molecular weight excluding hydrogens is 691 g/mol. The van der Waals surface area contributed by atoms with E-state index in [-0.39, 0.29) is 0 Å². The largest absolute Gasteiger partial charge is 0.309 e. The Labute approximate surface area is 330 Å². The molecular formula is C54H35N3. The van der Waals surface area contributed by atoms with Gasteiger partial charge in [0.25, 0.3) is 0 Å². The molecule has 0 amide bonds. The van der Waals surface area contributed by atoms with E-state index in [1.54, 1.807) is 0 Å². The molecule has 0 atom stereocenters. The molecule has 0 bridgehead atoms. The number of hydrogen-bond donors (Lipinski definition) is 0. The van der Waals surface area contributed by atoms with Gasteiger partial charge in [0, 0.05) is 33.2 Å². The molecule has 0 spiro atoms. The fraction of sp³-hybridized carbons (Fsp3) is 0. The minimum atomic E-state index is 0.698. The zero-order valence-corrected chi connectivity index (χ0v) is 31.0. The smallest absolute Gasteiger partial charge is 0.160 e. The fourth-order valence-corrected chi connectivity index (χ4v) is 8.61. The summed E-state index contributed by atoms with van der Waals surface area (Å²) in [5, 5.41) is 7.24. The molecule has 11 aromatic rings. The van der Waals surface area contributed by atoms with Crippen molar-refractivity contribution < 1.29 is 0 Å². The molecule has 11 rings (SSSR count). The lowest BCUT2D eigenvalue weighted by Gasteiger charge is -2.17. The number of hydrogen-bond acceptors (Lipinski definition) is 2. The highest BCUT2D eigenvalue weighted by Gasteiger charge is 2.19. The van der Waals surface area contributed by atoms with Gasteiger partial charge in [-0.25, -0.2) is 9.97 Å². The first-order valence-corrected chi connectivity index (χ1v) is 19.4. The second-order valence-corrected chi connectivity index (χ2v) is 14.5. The lowest BCUT2D eigenvalue weighted by molar-refractivity contribution is 1.18. The first kappa shape index (κ1) is 32.8. The summed E-state index contributed by atoms with van der Waals surface area (Å²) in [7, 11) is 0. The van der Waals surface area contributed by atoms with Gasteiger partial charge in [0.1, 0.15) is 0 Å². The summed E-state index contributed by atoms with van der Waals surface area (Å²) in [6, 6.07) is 75.7. The van der Waals surface area contributed by atoms with Gasteiger partial charge in [-0.1, -0.05) is 182 Å². The van der Waals surface area contributed by atoms with Crippen LogP contribution in [-0.2, 0) is 0 Å². The van der Waals surface area contributed by atoms with Crippen molar-refractivity contribution in [3.8, 4) is 61.8 Å². The molecule has 0 saturated heterocycles. The van der Waals surface area contributed by atoms with Gasteiger partial charge >= 0.3 is 0 Å². The van der Waals surface area contributed by atoms with Crippen LogP contribution < -0.4 is 0 Å². The number of nitrogens with zero attached hydrogens (tertiary/aromatic N) is 3. The molecule has 0 aliphatic heterocycles. The molecule has 0 N–H and O–H groups in total. The average molecular weight is 726 g/mol. The standard InChI is InChI=1S/C54H35N3/c1-3-16-38(17-4-1)53-42-20-8-7-15-36(42)29-32-48(53)50-35-49(55-54(56-50)39-18-5-2-6-19-39)45-34-33-41(43-21-9-10-22-44(43)45)37-27-30-40(31-28-37)57-51-25-13-11-23-46(51)47-24-12-14-26-52(47)57/h1-35H. The number of para-hydroxylation sites is 2. The number of aromatic nitrogens is 3. The van der Waals surface area contributed by atoms with E-state index in [4.69, 9.17) is 9.97 Å². The van der Waals surface area contributed by atoms with E-state index >= 15 is 0 Å². The number of fused-ring (bicyclic) bond motifs is 5. The topological polar surface area (TPSA) is 30.7 Å². The van der Waals surface area contributed by atoms with Gasteiger partial charge in [0.2, 0.25) is 0 Å². The highest BCUT2D eigenvalue weighted by molar-refractivity contribution is 6.10. The van der Waals surface area contributed by atoms with Gasteiger partial charge in [0.15, 0.2) is 5.82 Å². The van der Waals surface area contributed by atoms with E-state index in [0.29, 0.717) is 5.82 Å². The third-order valence-electron chi connectivity index (χ3n) is 11.2. The quantitative estimate of drug-likeness (QED) is 0.171. The summed E-state index contributed by atoms with van der Waals surface area (Å²) >= 11 is 0. The molecule has 0 radical (unpaired) electrons. The van der Waals surface area contributed by atoms with Gasteiger partial charge in [-0.3, -0.25) is 0 Å². The average Bonchev–Trinajstić information content (AvgIpc) is 3.63. The van der Waals surface area contributed by atoms with Crippen molar-refractivity contribution in [1.82, 2.24) is 14.5 Å². The lowest BCUT2D eigenvalue weighted by atomic mass is 9.90. The van der Waals surface area contributed by atoms with E-state index in [0.717, 1.165) is 44.7 Å². The predicted octanol–water partition coefficient (Wildman–Crippen LogP) is 14.2. The third-order valence-corrected chi connectivity index (χ3v) is 11.2. The first-order chi connectivity index (χ1) is 28.3. The Kier molecular flexibility index (Phi) is 7.82. The second-order valence-electron chi connectivity index (χ2n) is 14.5. The van der Waals surface area contributed by atoms with Crippen molar-refractivity contribution >= 4 is 43.4 Å². The van der Waals surface area contributed by atoms with E-state index < -0.39 is 0 Å². The van der Waals surface area contributed by atoms with Crippen LogP contribution >= 0.6 is 0 Å². The van der Waals surface area contributed by atoms with E-state index in [1.165, 1.54) is 54.7 Å². The molecule has 9 aromatic carbocycles. The van der Waals surface area contributed by atoms with Crippen LogP contribution in [0.1, 0.15) is 0 Å². The van der Waals surface area contributed by atoms with Crippen LogP contribution in [0, 0.1) is 0 Å². The maximum Gasteiger partial charge on any atom is 0.160 e. The molecule has 2 heterocycles. The Morgan fingerprint density at radius 1 is 0.316 bits per heavy atom. The van der Waals surface area contributed by atoms with Crippen LogP contribution in [0.5, 0.6) is 0 Å². The Hall–Kier alpha value is -7.62. The van der Waals surface area contributed by atoms with Crippen molar-refractivity contribution in [2.75, 3.05) is 0 Å². The summed E-state index contributed by atoms with van der Waals surface area (Å²) in [5.41, 5.74) is 13.1. The summed E-state index contributed by atoms with van der Waals surface area (Å²) < 4.78 is 2.37. The molecule has 266 valence electrons. The van der Waals surface area contributed by atoms with Crippen molar-refractivity contribution in [3.63, 3.8) is 0 Å². The first-order valence-electron chi connectivity index (χ1n) is 19.4. The van der Waals surface area contributed by atoms with Crippen molar-refractivity contribution in [2.45, 2.75) is 0 Å². The minimum absolute atomic E-state index is 0.698. The van der Waals surface area contributed by atoms with Crippen molar-refractivity contribution in [1.29, 1.82) is 0 Å². The van der Waals surface area contributed by atoms with Crippen LogP contribution in [-0.4, -0.2) is 14.5 Å². The van der Waals surface area contributed by atoms with E-state index in [1.807, 2.05) is 18.2 Å². The molecule has 0 fully saturated rings. The zero-order valence-electron chi connectivity index (χ0n) is 31.0. The van der Waals surface area contributed by atoms with Gasteiger partial charge in [-0.15, -0.1) is 0 Å². The lowest BCUT2D eigenvalue weighted by Crippen LogP contribution is -1.98. The Morgan fingerprint density at radius 2 is 0.807 bits per heavy atom. The number of rotatable bonds is 6. The molecule has 0 unspecified atom stereocenters. The van der Waals surface area contributed by atoms with Gasteiger partial charge in [-0.05, 0) is 74.1 Å². The molecule has 2 aromatic heterocycles. The summed E-state index contributed by atoms with van der Waals surface area (Å²) in [5.74, 6) is 0.698. The predicted molar refractivity (Wildman–Crippen MR) is 239 cm³/mol. The molecule has 3 heteroatoms. The highest BCUT2D eigenvalue weighted by atomic mass is 15.0. The van der Waals surface area contributed by atoms with Crippen LogP contribution in [0.3, 0.4) is 0 Å².